The summed E-state index contributed by atoms with van der Waals surface area (Å²) in [6.07, 6.45) is 3.71. The van der Waals surface area contributed by atoms with Gasteiger partial charge in [-0.15, -0.1) is 0 Å². The number of hydrogen-bond donors (Lipinski definition) is 1. The monoisotopic (exact) mass is 291 g/mol. The highest BCUT2D eigenvalue weighted by molar-refractivity contribution is 9.10. The van der Waals surface area contributed by atoms with Crippen molar-refractivity contribution in [1.29, 1.82) is 0 Å². The van der Waals surface area contributed by atoms with Crippen LogP contribution in [0.25, 0.3) is 0 Å². The van der Waals surface area contributed by atoms with Crippen LogP contribution in [0.15, 0.2) is 15.5 Å². The van der Waals surface area contributed by atoms with Gasteiger partial charge >= 0.3 is 0 Å². The Bertz CT molecular complexity index is 393. The highest BCUT2D eigenvalue weighted by atomic mass is 79.9. The molecule has 1 rings (SSSR count). The fraction of sp³-hybridized carbons (Fsp3) is 0.556. The lowest BCUT2D eigenvalue weighted by molar-refractivity contribution is 0.703. The topological polar surface area (TPSA) is 46.9 Å². The number of thioether (sulfide) groups is 1. The summed E-state index contributed by atoms with van der Waals surface area (Å²) in [4.78, 5) is 11.5. The smallest absolute Gasteiger partial charge is 0.282 e. The quantitative estimate of drug-likeness (QED) is 0.917. The third kappa shape index (κ3) is 3.24. The number of anilines is 1. The molecule has 1 atom stereocenters. The van der Waals surface area contributed by atoms with E-state index in [1.807, 2.05) is 0 Å². The zero-order valence-electron chi connectivity index (χ0n) is 8.95. The molecule has 1 N–H and O–H groups in total. The Labute approximate surface area is 102 Å². The first-order valence-corrected chi connectivity index (χ1v) is 6.62. The molecule has 1 unspecified atom stereocenters. The minimum atomic E-state index is -0.128. The van der Waals surface area contributed by atoms with Gasteiger partial charge in [0.25, 0.3) is 5.56 Å². The second-order valence-corrected chi connectivity index (χ2v) is 5.30. The van der Waals surface area contributed by atoms with Gasteiger partial charge in [-0.3, -0.25) is 4.79 Å². The van der Waals surface area contributed by atoms with Crippen molar-refractivity contribution in [2.75, 3.05) is 18.1 Å². The lowest BCUT2D eigenvalue weighted by atomic mass is 10.4. The van der Waals surface area contributed by atoms with E-state index in [0.29, 0.717) is 9.72 Å². The van der Waals surface area contributed by atoms with Gasteiger partial charge in [0.15, 0.2) is 0 Å². The van der Waals surface area contributed by atoms with Gasteiger partial charge in [-0.25, -0.2) is 4.68 Å². The molecule has 0 saturated carbocycles. The predicted molar refractivity (Wildman–Crippen MR) is 68.6 cm³/mol. The fourth-order valence-electron chi connectivity index (χ4n) is 0.971. The van der Waals surface area contributed by atoms with Crippen molar-refractivity contribution in [1.82, 2.24) is 9.78 Å². The van der Waals surface area contributed by atoms with E-state index in [0.717, 1.165) is 12.2 Å². The van der Waals surface area contributed by atoms with Gasteiger partial charge in [0, 0.05) is 18.8 Å². The third-order valence-corrected chi connectivity index (χ3v) is 3.80. The fourth-order valence-corrected chi connectivity index (χ4v) is 1.72. The van der Waals surface area contributed by atoms with Crippen LogP contribution in [0.2, 0.25) is 0 Å². The van der Waals surface area contributed by atoms with Gasteiger partial charge < -0.3 is 5.32 Å². The molecule has 0 spiro atoms. The molecule has 0 amide bonds. The van der Waals surface area contributed by atoms with E-state index in [1.54, 1.807) is 25.0 Å². The zero-order valence-corrected chi connectivity index (χ0v) is 11.4. The van der Waals surface area contributed by atoms with Gasteiger partial charge in [0.1, 0.15) is 4.47 Å². The largest absolute Gasteiger partial charge is 0.382 e. The Morgan fingerprint density at radius 3 is 3.00 bits per heavy atom. The molecule has 4 nitrogen and oxygen atoms in total. The molecule has 0 bridgehead atoms. The summed E-state index contributed by atoms with van der Waals surface area (Å²) in [6, 6.07) is 0. The Morgan fingerprint density at radius 1 is 1.73 bits per heavy atom. The van der Waals surface area contributed by atoms with Crippen LogP contribution in [0.4, 0.5) is 5.69 Å². The summed E-state index contributed by atoms with van der Waals surface area (Å²) in [7, 11) is 1.63. The van der Waals surface area contributed by atoms with Crippen LogP contribution >= 0.6 is 27.7 Å². The Morgan fingerprint density at radius 2 is 2.40 bits per heavy atom. The molecule has 1 aromatic heterocycles. The highest BCUT2D eigenvalue weighted by Gasteiger charge is 2.07. The molecule has 6 heteroatoms. The van der Waals surface area contributed by atoms with Crippen LogP contribution < -0.4 is 10.9 Å². The molecule has 0 fully saturated rings. The van der Waals surface area contributed by atoms with Crippen molar-refractivity contribution in [3.63, 3.8) is 0 Å². The molecular formula is C9H14BrN3OS. The van der Waals surface area contributed by atoms with E-state index in [2.05, 4.69) is 39.5 Å². The first-order valence-electron chi connectivity index (χ1n) is 4.54. The second kappa shape index (κ2) is 5.55. The standard InChI is InChI=1S/C9H14BrN3OS/c1-6(15-3)4-11-7-5-12-13(2)9(14)8(7)10/h5-6,11H,4H2,1-3H3. The van der Waals surface area contributed by atoms with E-state index in [9.17, 15) is 4.79 Å². The van der Waals surface area contributed by atoms with E-state index in [4.69, 9.17) is 0 Å². The Balaban J connectivity index is 2.79. The molecule has 0 aliphatic carbocycles. The molecule has 0 aliphatic rings. The van der Waals surface area contributed by atoms with Gasteiger partial charge in [-0.2, -0.15) is 16.9 Å². The molecule has 1 aromatic rings. The summed E-state index contributed by atoms with van der Waals surface area (Å²) < 4.78 is 1.83. The maximum atomic E-state index is 11.5. The van der Waals surface area contributed by atoms with E-state index in [1.165, 1.54) is 4.68 Å². The van der Waals surface area contributed by atoms with Crippen molar-refractivity contribution in [2.24, 2.45) is 7.05 Å². The van der Waals surface area contributed by atoms with Gasteiger partial charge in [-0.05, 0) is 22.2 Å². The first-order chi connectivity index (χ1) is 7.06. The van der Waals surface area contributed by atoms with Crippen molar-refractivity contribution in [3.8, 4) is 0 Å². The number of halogens is 1. The van der Waals surface area contributed by atoms with Gasteiger partial charge in [0.05, 0.1) is 11.9 Å². The molecule has 15 heavy (non-hydrogen) atoms. The minimum absolute atomic E-state index is 0.128. The summed E-state index contributed by atoms with van der Waals surface area (Å²) in [6.45, 7) is 2.94. The predicted octanol–water partition coefficient (Wildman–Crippen LogP) is 1.71. The average molecular weight is 292 g/mol. The third-order valence-electron chi connectivity index (χ3n) is 2.06. The lowest BCUT2D eigenvalue weighted by Crippen LogP contribution is -2.22. The molecule has 0 saturated heterocycles. The van der Waals surface area contributed by atoms with Gasteiger partial charge in [-0.1, -0.05) is 6.92 Å². The zero-order chi connectivity index (χ0) is 11.4. The van der Waals surface area contributed by atoms with E-state index in [-0.39, 0.29) is 5.56 Å². The number of nitrogens with one attached hydrogen (secondary N) is 1. The number of hydrogen-bond acceptors (Lipinski definition) is 4. The molecular weight excluding hydrogens is 278 g/mol. The van der Waals surface area contributed by atoms with Crippen LogP contribution in [-0.4, -0.2) is 27.8 Å². The normalized spacial score (nSPS) is 12.5. The SMILES string of the molecule is CSC(C)CNc1cnn(C)c(=O)c1Br. The van der Waals surface area contributed by atoms with Crippen LogP contribution in [0.3, 0.4) is 0 Å². The molecule has 0 aromatic carbocycles. The first kappa shape index (κ1) is 12.6. The summed E-state index contributed by atoms with van der Waals surface area (Å²) in [5.41, 5.74) is 0.621. The number of aromatic nitrogens is 2. The maximum Gasteiger partial charge on any atom is 0.282 e. The van der Waals surface area contributed by atoms with Crippen molar-refractivity contribution in [3.05, 3.63) is 21.0 Å². The summed E-state index contributed by atoms with van der Waals surface area (Å²) >= 11 is 5.04. The van der Waals surface area contributed by atoms with E-state index >= 15 is 0 Å². The van der Waals surface area contributed by atoms with Crippen LogP contribution in [-0.2, 0) is 7.05 Å². The lowest BCUT2D eigenvalue weighted by Gasteiger charge is -2.12. The van der Waals surface area contributed by atoms with Gasteiger partial charge in [0.2, 0.25) is 0 Å². The molecule has 1 heterocycles. The second-order valence-electron chi connectivity index (χ2n) is 3.23. The molecule has 84 valence electrons. The van der Waals surface area contributed by atoms with Crippen LogP contribution in [0.5, 0.6) is 0 Å². The Kier molecular flexibility index (Phi) is 4.66. The summed E-state index contributed by atoms with van der Waals surface area (Å²) in [5, 5.41) is 7.64. The summed E-state index contributed by atoms with van der Waals surface area (Å²) in [5.74, 6) is 0. The maximum absolute atomic E-state index is 11.5. The number of rotatable bonds is 4. The molecule has 0 radical (unpaired) electrons. The van der Waals surface area contributed by atoms with Crippen molar-refractivity contribution >= 4 is 33.4 Å². The van der Waals surface area contributed by atoms with Crippen molar-refractivity contribution < 1.29 is 0 Å². The van der Waals surface area contributed by atoms with Crippen molar-refractivity contribution in [2.45, 2.75) is 12.2 Å². The van der Waals surface area contributed by atoms with Crippen LogP contribution in [0.1, 0.15) is 6.92 Å². The minimum Gasteiger partial charge on any atom is -0.382 e. The van der Waals surface area contributed by atoms with Crippen LogP contribution in [0, 0.1) is 0 Å². The highest BCUT2D eigenvalue weighted by Crippen LogP contribution is 2.16. The van der Waals surface area contributed by atoms with E-state index < -0.39 is 0 Å². The average Bonchev–Trinajstić information content (AvgIpc) is 2.24. The number of aryl methyl sites for hydroxylation is 1. The molecule has 0 aliphatic heterocycles. The number of nitrogens with zero attached hydrogens (tertiary/aromatic N) is 2. The Hall–Kier alpha value is -0.490.